The van der Waals surface area contributed by atoms with E-state index in [1.54, 1.807) is 12.4 Å². The van der Waals surface area contributed by atoms with E-state index >= 15 is 0 Å². The summed E-state index contributed by atoms with van der Waals surface area (Å²) in [5.41, 5.74) is 1.15. The second-order valence-electron chi connectivity index (χ2n) is 6.26. The molecule has 29 heavy (non-hydrogen) atoms. The Morgan fingerprint density at radius 1 is 1.31 bits per heavy atom. The Bertz CT molecular complexity index is 1110. The molecule has 1 aliphatic heterocycles. The van der Waals surface area contributed by atoms with Crippen LogP contribution >= 0.6 is 11.3 Å². The molecule has 0 radical (unpaired) electrons. The van der Waals surface area contributed by atoms with Gasteiger partial charge >= 0.3 is 6.03 Å². The topological polar surface area (TPSA) is 131 Å². The van der Waals surface area contributed by atoms with E-state index in [4.69, 9.17) is 0 Å². The van der Waals surface area contributed by atoms with Crippen molar-refractivity contribution in [2.75, 3.05) is 6.54 Å². The lowest BCUT2D eigenvalue weighted by molar-refractivity contribution is -0.124. The van der Waals surface area contributed by atoms with Crippen molar-refractivity contribution in [2.45, 2.75) is 12.5 Å². The fourth-order valence-electron chi connectivity index (χ4n) is 2.94. The lowest BCUT2D eigenvalue weighted by atomic mass is 9.96. The summed E-state index contributed by atoms with van der Waals surface area (Å²) in [6, 6.07) is 4.79. The van der Waals surface area contributed by atoms with Crippen LogP contribution in [0.25, 0.3) is 5.69 Å². The fraction of sp³-hybridized carbons (Fsp3) is 0.176. The molecule has 148 valence electrons. The first-order chi connectivity index (χ1) is 13.9. The average Bonchev–Trinajstić information content (AvgIpc) is 3.40. The van der Waals surface area contributed by atoms with E-state index in [2.05, 4.69) is 31.1 Å². The normalized spacial score (nSPS) is 18.4. The number of rotatable bonds is 5. The van der Waals surface area contributed by atoms with Crippen LogP contribution in [0.15, 0.2) is 36.0 Å². The molecule has 0 aliphatic carbocycles. The standard InChI is InChI=1S/C17H14FN7O3S/c1-9-13(29-8-20-9)17(15(27)22-16(28)23-17)7-19-14(26)12-6-21-25(24-12)11-4-2-10(18)3-5-11/h2-6,8H,7H2,1H3,(H,19,26)(H2,22,23,27,28)/t17-/m0/s1. The van der Waals surface area contributed by atoms with Crippen molar-refractivity contribution >= 4 is 29.2 Å². The number of halogens is 1. The molecular weight excluding hydrogens is 401 g/mol. The van der Waals surface area contributed by atoms with E-state index in [9.17, 15) is 18.8 Å². The molecule has 1 saturated heterocycles. The molecule has 3 heterocycles. The van der Waals surface area contributed by atoms with Crippen LogP contribution in [0.2, 0.25) is 0 Å². The molecule has 4 amide bonds. The summed E-state index contributed by atoms with van der Waals surface area (Å²) < 4.78 is 13.0. The first-order valence-electron chi connectivity index (χ1n) is 8.40. The first-order valence-corrected chi connectivity index (χ1v) is 9.28. The van der Waals surface area contributed by atoms with Gasteiger partial charge in [0.1, 0.15) is 5.82 Å². The number of hydrogen-bond donors (Lipinski definition) is 3. The maximum absolute atomic E-state index is 13.0. The summed E-state index contributed by atoms with van der Waals surface area (Å²) in [5, 5.41) is 15.4. The van der Waals surface area contributed by atoms with Gasteiger partial charge in [0.05, 0.1) is 34.5 Å². The van der Waals surface area contributed by atoms with E-state index < -0.39 is 29.2 Å². The molecule has 0 bridgehead atoms. The van der Waals surface area contributed by atoms with Gasteiger partial charge in [-0.25, -0.2) is 14.2 Å². The molecule has 0 unspecified atom stereocenters. The van der Waals surface area contributed by atoms with Gasteiger partial charge in [0.15, 0.2) is 11.2 Å². The minimum Gasteiger partial charge on any atom is -0.347 e. The predicted octanol–water partition coefficient (Wildman–Crippen LogP) is 0.636. The van der Waals surface area contributed by atoms with Gasteiger partial charge in [-0.2, -0.15) is 9.90 Å². The molecule has 10 nitrogen and oxygen atoms in total. The van der Waals surface area contributed by atoms with Crippen molar-refractivity contribution in [3.8, 4) is 5.69 Å². The Morgan fingerprint density at radius 3 is 2.69 bits per heavy atom. The Labute approximate surface area is 167 Å². The zero-order valence-corrected chi connectivity index (χ0v) is 15.8. The smallest absolute Gasteiger partial charge is 0.322 e. The Hall–Kier alpha value is -3.67. The predicted molar refractivity (Wildman–Crippen MR) is 98.9 cm³/mol. The van der Waals surface area contributed by atoms with Crippen LogP contribution in [0.3, 0.4) is 0 Å². The number of thiazole rings is 1. The van der Waals surface area contributed by atoms with Gasteiger partial charge in [-0.15, -0.1) is 16.4 Å². The SMILES string of the molecule is Cc1ncsc1[C@]1(CNC(=O)c2cnn(-c3ccc(F)cc3)n2)NC(=O)NC1=O. The van der Waals surface area contributed by atoms with Gasteiger partial charge in [-0.3, -0.25) is 14.9 Å². The molecule has 0 spiro atoms. The monoisotopic (exact) mass is 415 g/mol. The van der Waals surface area contributed by atoms with Crippen LogP contribution in [-0.4, -0.2) is 44.4 Å². The van der Waals surface area contributed by atoms with Crippen LogP contribution in [0.4, 0.5) is 9.18 Å². The zero-order chi connectivity index (χ0) is 20.6. The molecule has 12 heteroatoms. The van der Waals surface area contributed by atoms with Crippen LogP contribution < -0.4 is 16.0 Å². The lowest BCUT2D eigenvalue weighted by Gasteiger charge is -2.25. The number of nitrogens with zero attached hydrogens (tertiary/aromatic N) is 4. The Morgan fingerprint density at radius 2 is 2.07 bits per heavy atom. The van der Waals surface area contributed by atoms with Gasteiger partial charge in [-0.05, 0) is 31.2 Å². The summed E-state index contributed by atoms with van der Waals surface area (Å²) in [4.78, 5) is 42.6. The van der Waals surface area contributed by atoms with Gasteiger partial charge in [-0.1, -0.05) is 0 Å². The maximum Gasteiger partial charge on any atom is 0.322 e. The number of benzene rings is 1. The minimum atomic E-state index is -1.45. The highest BCUT2D eigenvalue weighted by Gasteiger charge is 2.50. The highest BCUT2D eigenvalue weighted by molar-refractivity contribution is 7.10. The fourth-order valence-corrected chi connectivity index (χ4v) is 3.89. The van der Waals surface area contributed by atoms with Gasteiger partial charge in [0.25, 0.3) is 11.8 Å². The molecule has 4 rings (SSSR count). The highest BCUT2D eigenvalue weighted by Crippen LogP contribution is 2.30. The number of imide groups is 1. The average molecular weight is 415 g/mol. The second kappa shape index (κ2) is 7.05. The third-order valence-corrected chi connectivity index (χ3v) is 5.46. The number of carbonyl (C=O) groups is 3. The van der Waals surface area contributed by atoms with Crippen molar-refractivity contribution < 1.29 is 18.8 Å². The van der Waals surface area contributed by atoms with Crippen LogP contribution in [0.1, 0.15) is 21.1 Å². The van der Waals surface area contributed by atoms with Gasteiger partial charge < -0.3 is 10.6 Å². The largest absolute Gasteiger partial charge is 0.347 e. The van der Waals surface area contributed by atoms with Crippen LogP contribution in [0, 0.1) is 12.7 Å². The third-order valence-electron chi connectivity index (χ3n) is 4.37. The van der Waals surface area contributed by atoms with Crippen molar-refractivity contribution in [1.82, 2.24) is 35.9 Å². The number of nitrogens with one attached hydrogen (secondary N) is 3. The van der Waals surface area contributed by atoms with E-state index in [1.807, 2.05) is 0 Å². The summed E-state index contributed by atoms with van der Waals surface area (Å²) in [7, 11) is 0. The second-order valence-corrected chi connectivity index (χ2v) is 7.11. The molecule has 3 aromatic rings. The third kappa shape index (κ3) is 3.33. The molecule has 1 fully saturated rings. The summed E-state index contributed by atoms with van der Waals surface area (Å²) >= 11 is 1.20. The summed E-state index contributed by atoms with van der Waals surface area (Å²) in [5.74, 6) is -1.57. The molecule has 1 aliphatic rings. The molecule has 3 N–H and O–H groups in total. The van der Waals surface area contributed by atoms with E-state index in [0.717, 1.165) is 0 Å². The van der Waals surface area contributed by atoms with Gasteiger partial charge in [0.2, 0.25) is 0 Å². The Balaban J connectivity index is 1.54. The Kier molecular flexibility index (Phi) is 4.54. The first kappa shape index (κ1) is 18.7. The van der Waals surface area contributed by atoms with Gasteiger partial charge in [0, 0.05) is 0 Å². The highest BCUT2D eigenvalue weighted by atomic mass is 32.1. The van der Waals surface area contributed by atoms with Crippen molar-refractivity contribution in [2.24, 2.45) is 0 Å². The lowest BCUT2D eigenvalue weighted by Crippen LogP contribution is -2.52. The summed E-state index contributed by atoms with van der Waals surface area (Å²) in [6.45, 7) is 1.51. The maximum atomic E-state index is 13.0. The number of hydrogen-bond acceptors (Lipinski definition) is 7. The van der Waals surface area contributed by atoms with Crippen LogP contribution in [-0.2, 0) is 10.3 Å². The number of amides is 4. The quantitative estimate of drug-likeness (QED) is 0.524. The molecule has 1 aromatic carbocycles. The van der Waals surface area contributed by atoms with Crippen molar-refractivity contribution in [3.05, 3.63) is 58.1 Å². The summed E-state index contributed by atoms with van der Waals surface area (Å²) in [6.07, 6.45) is 1.25. The molecule has 0 saturated carbocycles. The van der Waals surface area contributed by atoms with Crippen molar-refractivity contribution in [3.63, 3.8) is 0 Å². The van der Waals surface area contributed by atoms with E-state index in [0.29, 0.717) is 16.3 Å². The molecule has 2 aromatic heterocycles. The zero-order valence-electron chi connectivity index (χ0n) is 15.0. The van der Waals surface area contributed by atoms with E-state index in [1.165, 1.54) is 46.6 Å². The van der Waals surface area contributed by atoms with E-state index in [-0.39, 0.29) is 12.2 Å². The number of aryl methyl sites for hydroxylation is 1. The molecule has 1 atom stereocenters. The van der Waals surface area contributed by atoms with Crippen LogP contribution in [0.5, 0.6) is 0 Å². The minimum absolute atomic E-state index is 0.00441. The number of aromatic nitrogens is 4. The molecular formula is C17H14FN7O3S. The van der Waals surface area contributed by atoms with Crippen molar-refractivity contribution in [1.29, 1.82) is 0 Å². The number of carbonyl (C=O) groups excluding carboxylic acids is 3. The number of urea groups is 1.